The highest BCUT2D eigenvalue weighted by molar-refractivity contribution is 5.79. The first-order valence-corrected chi connectivity index (χ1v) is 7.12. The first kappa shape index (κ1) is 14.5. The molecule has 0 aliphatic heterocycles. The zero-order valence-electron chi connectivity index (χ0n) is 11.6. The molecule has 100 valence electrons. The number of amides is 1. The van der Waals surface area contributed by atoms with Gasteiger partial charge in [0.1, 0.15) is 0 Å². The standard InChI is InChI=1S/C14H28N2O/c1-4-12(5-2)16(3)14(17)13-9-7-6-8-11(13)10-15/h11-13H,4-10,15H2,1-3H3. The third-order valence-electron chi connectivity index (χ3n) is 4.37. The maximum absolute atomic E-state index is 12.5. The average molecular weight is 240 g/mol. The summed E-state index contributed by atoms with van der Waals surface area (Å²) >= 11 is 0. The van der Waals surface area contributed by atoms with E-state index >= 15 is 0 Å². The molecular weight excluding hydrogens is 212 g/mol. The van der Waals surface area contributed by atoms with E-state index in [1.54, 1.807) is 0 Å². The Bertz CT molecular complexity index is 238. The molecule has 0 spiro atoms. The molecule has 17 heavy (non-hydrogen) atoms. The SMILES string of the molecule is CCC(CC)N(C)C(=O)C1CCCCC1CN. The second-order valence-electron chi connectivity index (χ2n) is 5.31. The second kappa shape index (κ2) is 7.00. The molecule has 2 N–H and O–H groups in total. The van der Waals surface area contributed by atoms with Crippen LogP contribution in [0.15, 0.2) is 0 Å². The Hall–Kier alpha value is -0.570. The van der Waals surface area contributed by atoms with E-state index in [1.165, 1.54) is 12.8 Å². The molecular formula is C14H28N2O. The van der Waals surface area contributed by atoms with E-state index in [4.69, 9.17) is 5.73 Å². The predicted molar refractivity (Wildman–Crippen MR) is 71.6 cm³/mol. The van der Waals surface area contributed by atoms with Crippen molar-refractivity contribution in [2.45, 2.75) is 58.4 Å². The molecule has 0 aromatic rings. The molecule has 1 aliphatic carbocycles. The van der Waals surface area contributed by atoms with Crippen molar-refractivity contribution < 1.29 is 4.79 Å². The van der Waals surface area contributed by atoms with E-state index in [9.17, 15) is 4.79 Å². The first-order valence-electron chi connectivity index (χ1n) is 7.12. The van der Waals surface area contributed by atoms with Gasteiger partial charge >= 0.3 is 0 Å². The maximum Gasteiger partial charge on any atom is 0.225 e. The summed E-state index contributed by atoms with van der Waals surface area (Å²) in [4.78, 5) is 14.5. The molecule has 3 heteroatoms. The van der Waals surface area contributed by atoms with Gasteiger partial charge in [-0.25, -0.2) is 0 Å². The first-order chi connectivity index (χ1) is 8.15. The minimum Gasteiger partial charge on any atom is -0.343 e. The molecule has 0 bridgehead atoms. The van der Waals surface area contributed by atoms with Gasteiger partial charge in [-0.3, -0.25) is 4.79 Å². The Morgan fingerprint density at radius 1 is 1.29 bits per heavy atom. The third-order valence-corrected chi connectivity index (χ3v) is 4.37. The van der Waals surface area contributed by atoms with Crippen molar-refractivity contribution in [3.8, 4) is 0 Å². The van der Waals surface area contributed by atoms with Crippen LogP contribution >= 0.6 is 0 Å². The van der Waals surface area contributed by atoms with Crippen LogP contribution in [0.1, 0.15) is 52.4 Å². The number of hydrogen-bond acceptors (Lipinski definition) is 2. The zero-order chi connectivity index (χ0) is 12.8. The lowest BCUT2D eigenvalue weighted by molar-refractivity contribution is -0.139. The number of nitrogens with two attached hydrogens (primary N) is 1. The monoisotopic (exact) mass is 240 g/mol. The van der Waals surface area contributed by atoms with Crippen molar-refractivity contribution in [1.82, 2.24) is 4.90 Å². The fraction of sp³-hybridized carbons (Fsp3) is 0.929. The van der Waals surface area contributed by atoms with Crippen molar-refractivity contribution in [2.24, 2.45) is 17.6 Å². The largest absolute Gasteiger partial charge is 0.343 e. The highest BCUT2D eigenvalue weighted by atomic mass is 16.2. The van der Waals surface area contributed by atoms with E-state index in [0.29, 0.717) is 24.4 Å². The lowest BCUT2D eigenvalue weighted by Crippen LogP contribution is -2.44. The van der Waals surface area contributed by atoms with Crippen LogP contribution < -0.4 is 5.73 Å². The molecule has 0 aromatic heterocycles. The minimum atomic E-state index is 0.180. The van der Waals surface area contributed by atoms with Gasteiger partial charge in [0.15, 0.2) is 0 Å². The Morgan fingerprint density at radius 2 is 1.88 bits per heavy atom. The van der Waals surface area contributed by atoms with Crippen molar-refractivity contribution in [3.63, 3.8) is 0 Å². The number of nitrogens with zero attached hydrogens (tertiary/aromatic N) is 1. The van der Waals surface area contributed by atoms with E-state index in [2.05, 4.69) is 13.8 Å². The topological polar surface area (TPSA) is 46.3 Å². The van der Waals surface area contributed by atoms with Crippen LogP contribution in [0.4, 0.5) is 0 Å². The molecule has 0 aromatic carbocycles. The van der Waals surface area contributed by atoms with Crippen LogP contribution in [-0.2, 0) is 4.79 Å². The molecule has 1 fully saturated rings. The Balaban J connectivity index is 2.66. The van der Waals surface area contributed by atoms with Gasteiger partial charge in [-0.15, -0.1) is 0 Å². The van der Waals surface area contributed by atoms with Crippen molar-refractivity contribution in [1.29, 1.82) is 0 Å². The molecule has 2 atom stereocenters. The van der Waals surface area contributed by atoms with E-state index in [-0.39, 0.29) is 5.92 Å². The quantitative estimate of drug-likeness (QED) is 0.802. The van der Waals surface area contributed by atoms with Crippen molar-refractivity contribution in [2.75, 3.05) is 13.6 Å². The third kappa shape index (κ3) is 3.44. The molecule has 1 aliphatic rings. The highest BCUT2D eigenvalue weighted by Crippen LogP contribution is 2.31. The molecule has 1 amide bonds. The summed E-state index contributed by atoms with van der Waals surface area (Å²) in [5, 5.41) is 0. The number of rotatable bonds is 5. The Labute approximate surface area is 106 Å². The van der Waals surface area contributed by atoms with Crippen molar-refractivity contribution >= 4 is 5.91 Å². The van der Waals surface area contributed by atoms with Crippen LogP contribution in [0.3, 0.4) is 0 Å². The summed E-state index contributed by atoms with van der Waals surface area (Å²) in [5.74, 6) is 0.918. The summed E-state index contributed by atoms with van der Waals surface area (Å²) in [5.41, 5.74) is 5.80. The fourth-order valence-corrected chi connectivity index (χ4v) is 3.09. The molecule has 3 nitrogen and oxygen atoms in total. The Kier molecular flexibility index (Phi) is 5.96. The average Bonchev–Trinajstić information content (AvgIpc) is 2.39. The van der Waals surface area contributed by atoms with Gasteiger partial charge in [0.25, 0.3) is 0 Å². The normalized spacial score (nSPS) is 25.0. The lowest BCUT2D eigenvalue weighted by Gasteiger charge is -2.35. The molecule has 0 saturated heterocycles. The van der Waals surface area contributed by atoms with Gasteiger partial charge in [0, 0.05) is 19.0 Å². The van der Waals surface area contributed by atoms with Gasteiger partial charge in [0.05, 0.1) is 0 Å². The lowest BCUT2D eigenvalue weighted by atomic mass is 9.78. The van der Waals surface area contributed by atoms with E-state index < -0.39 is 0 Å². The summed E-state index contributed by atoms with van der Waals surface area (Å²) in [6, 6.07) is 0.392. The summed E-state index contributed by atoms with van der Waals surface area (Å²) < 4.78 is 0. The van der Waals surface area contributed by atoms with Crippen LogP contribution in [0.5, 0.6) is 0 Å². The minimum absolute atomic E-state index is 0.180. The molecule has 1 rings (SSSR count). The fourth-order valence-electron chi connectivity index (χ4n) is 3.09. The van der Waals surface area contributed by atoms with Crippen LogP contribution in [0.2, 0.25) is 0 Å². The number of carbonyl (C=O) groups is 1. The predicted octanol–water partition coefficient (Wildman–Crippen LogP) is 2.40. The van der Waals surface area contributed by atoms with E-state index in [1.807, 2.05) is 11.9 Å². The van der Waals surface area contributed by atoms with Crippen LogP contribution in [0.25, 0.3) is 0 Å². The molecule has 1 saturated carbocycles. The van der Waals surface area contributed by atoms with Crippen LogP contribution in [-0.4, -0.2) is 30.4 Å². The van der Waals surface area contributed by atoms with Crippen molar-refractivity contribution in [3.05, 3.63) is 0 Å². The van der Waals surface area contributed by atoms with Gasteiger partial charge in [-0.05, 0) is 38.1 Å². The smallest absolute Gasteiger partial charge is 0.225 e. The zero-order valence-corrected chi connectivity index (χ0v) is 11.6. The van der Waals surface area contributed by atoms with Gasteiger partial charge < -0.3 is 10.6 Å². The molecule has 0 radical (unpaired) electrons. The summed E-state index contributed by atoms with van der Waals surface area (Å²) in [7, 11) is 1.96. The summed E-state index contributed by atoms with van der Waals surface area (Å²) in [6.07, 6.45) is 6.66. The van der Waals surface area contributed by atoms with Gasteiger partial charge in [-0.1, -0.05) is 26.7 Å². The highest BCUT2D eigenvalue weighted by Gasteiger charge is 2.33. The van der Waals surface area contributed by atoms with E-state index in [0.717, 1.165) is 25.7 Å². The summed E-state index contributed by atoms with van der Waals surface area (Å²) in [6.45, 7) is 4.96. The van der Waals surface area contributed by atoms with Gasteiger partial charge in [0.2, 0.25) is 5.91 Å². The maximum atomic E-state index is 12.5. The molecule has 2 unspecified atom stereocenters. The number of carbonyl (C=O) groups excluding carboxylic acids is 1. The molecule has 0 heterocycles. The second-order valence-corrected chi connectivity index (χ2v) is 5.31. The van der Waals surface area contributed by atoms with Crippen LogP contribution in [0, 0.1) is 11.8 Å². The van der Waals surface area contributed by atoms with Gasteiger partial charge in [-0.2, -0.15) is 0 Å². The Morgan fingerprint density at radius 3 is 2.41 bits per heavy atom. The number of hydrogen-bond donors (Lipinski definition) is 1.